The van der Waals surface area contributed by atoms with Gasteiger partial charge >= 0.3 is 0 Å². The number of H-pyrrole nitrogens is 2. The molecule has 0 atom stereocenters. The minimum atomic E-state index is -0.421. The second-order valence-corrected chi connectivity index (χ2v) is 2.12. The topological polar surface area (TPSA) is 110 Å². The van der Waals surface area contributed by atoms with Crippen LogP contribution in [-0.2, 0) is 0 Å². The van der Waals surface area contributed by atoms with Crippen molar-refractivity contribution in [3.63, 3.8) is 0 Å². The fourth-order valence-electron chi connectivity index (χ4n) is 0.891. The van der Waals surface area contributed by atoms with Gasteiger partial charge in [0, 0.05) is 0 Å². The quantitative estimate of drug-likeness (QED) is 0.497. The lowest BCUT2D eigenvalue weighted by molar-refractivity contribution is 1.15. The molecule has 12 heavy (non-hydrogen) atoms. The molecule has 7 heteroatoms. The molecule has 0 spiro atoms. The molecule has 0 aliphatic rings. The van der Waals surface area contributed by atoms with Crippen molar-refractivity contribution >= 4 is 17.1 Å². The van der Waals surface area contributed by atoms with Crippen LogP contribution in [0.5, 0.6) is 0 Å². The van der Waals surface area contributed by atoms with E-state index in [0.29, 0.717) is 0 Å². The van der Waals surface area contributed by atoms with E-state index in [4.69, 9.17) is 0 Å². The number of hydrogen-bond donors (Lipinski definition) is 3. The number of aromatic amines is 2. The Bertz CT molecular complexity index is 458. The van der Waals surface area contributed by atoms with Gasteiger partial charge < -0.3 is 15.7 Å². The molecule has 2 rings (SSSR count). The second kappa shape index (κ2) is 2.31. The van der Waals surface area contributed by atoms with E-state index in [1.54, 1.807) is 0 Å². The van der Waals surface area contributed by atoms with Crippen LogP contribution >= 0.6 is 0 Å². The molecule has 0 aromatic carbocycles. The summed E-state index contributed by atoms with van der Waals surface area (Å²) in [7, 11) is 0. The summed E-state index contributed by atoms with van der Waals surface area (Å²) in [6.45, 7) is 0. The molecule has 0 saturated carbocycles. The Hall–Kier alpha value is -1.89. The van der Waals surface area contributed by atoms with Crippen LogP contribution < -0.4 is 11.0 Å². The van der Waals surface area contributed by atoms with Crippen molar-refractivity contribution in [1.82, 2.24) is 19.9 Å². The van der Waals surface area contributed by atoms with E-state index in [2.05, 4.69) is 19.9 Å². The molecule has 0 aliphatic heterocycles. The van der Waals surface area contributed by atoms with E-state index in [-0.39, 0.29) is 17.1 Å². The van der Waals surface area contributed by atoms with Gasteiger partial charge in [0.15, 0.2) is 17.1 Å². The van der Waals surface area contributed by atoms with Crippen molar-refractivity contribution in [1.29, 1.82) is 0 Å². The Balaban J connectivity index is 2.84. The Labute approximate surface area is 65.4 Å². The SMILES string of the molecule is O=c1[nH]c(N[O-])nc2nc[nH]c12. The van der Waals surface area contributed by atoms with Crippen LogP contribution in [0.25, 0.3) is 11.2 Å². The van der Waals surface area contributed by atoms with Crippen LogP contribution in [0.1, 0.15) is 0 Å². The summed E-state index contributed by atoms with van der Waals surface area (Å²) < 4.78 is 0. The molecule has 0 aliphatic carbocycles. The van der Waals surface area contributed by atoms with Crippen molar-refractivity contribution in [2.45, 2.75) is 0 Å². The summed E-state index contributed by atoms with van der Waals surface area (Å²) in [6, 6.07) is 0. The van der Waals surface area contributed by atoms with E-state index in [1.165, 1.54) is 11.8 Å². The molecule has 62 valence electrons. The van der Waals surface area contributed by atoms with Gasteiger partial charge in [-0.15, -0.1) is 0 Å². The second-order valence-electron chi connectivity index (χ2n) is 2.12. The predicted octanol–water partition coefficient (Wildman–Crippen LogP) is -0.444. The molecular formula is C5H4N5O2-. The number of nitrogens with zero attached hydrogens (tertiary/aromatic N) is 2. The lowest BCUT2D eigenvalue weighted by Gasteiger charge is -2.05. The highest BCUT2D eigenvalue weighted by Gasteiger charge is 2.02. The van der Waals surface area contributed by atoms with Gasteiger partial charge in [0.1, 0.15) is 0 Å². The maximum absolute atomic E-state index is 11.1. The van der Waals surface area contributed by atoms with Gasteiger partial charge in [-0.2, -0.15) is 4.98 Å². The third-order valence-electron chi connectivity index (χ3n) is 1.39. The Morgan fingerprint density at radius 2 is 2.42 bits per heavy atom. The minimum absolute atomic E-state index is 0.139. The molecule has 2 aromatic rings. The van der Waals surface area contributed by atoms with E-state index >= 15 is 0 Å². The zero-order chi connectivity index (χ0) is 8.55. The fourth-order valence-corrected chi connectivity index (χ4v) is 0.891. The zero-order valence-corrected chi connectivity index (χ0v) is 5.79. The summed E-state index contributed by atoms with van der Waals surface area (Å²) in [5.41, 5.74) is 1.54. The molecule has 7 nitrogen and oxygen atoms in total. The van der Waals surface area contributed by atoms with E-state index in [0.717, 1.165) is 0 Å². The van der Waals surface area contributed by atoms with Gasteiger partial charge in [0.2, 0.25) is 0 Å². The molecule has 2 heterocycles. The summed E-state index contributed by atoms with van der Waals surface area (Å²) in [5.74, 6) is -0.139. The number of anilines is 1. The molecule has 0 unspecified atom stereocenters. The number of aromatic nitrogens is 4. The van der Waals surface area contributed by atoms with E-state index < -0.39 is 5.56 Å². The fraction of sp³-hybridized carbons (Fsp3) is 0. The average Bonchev–Trinajstić information content (AvgIpc) is 2.52. The van der Waals surface area contributed by atoms with E-state index in [9.17, 15) is 10.0 Å². The maximum atomic E-state index is 11.1. The first-order chi connectivity index (χ1) is 5.81. The van der Waals surface area contributed by atoms with Crippen LogP contribution in [0.15, 0.2) is 11.1 Å². The third kappa shape index (κ3) is 0.839. The number of nitrogens with one attached hydrogen (secondary N) is 3. The van der Waals surface area contributed by atoms with Gasteiger partial charge in [-0.3, -0.25) is 9.78 Å². The lowest BCUT2D eigenvalue weighted by Crippen LogP contribution is -2.10. The molecule has 0 saturated heterocycles. The molecule has 2 aromatic heterocycles. The maximum Gasteiger partial charge on any atom is 0.278 e. The van der Waals surface area contributed by atoms with Crippen molar-refractivity contribution in [2.75, 3.05) is 5.48 Å². The predicted molar refractivity (Wildman–Crippen MR) is 41.5 cm³/mol. The lowest BCUT2D eigenvalue weighted by atomic mass is 10.5. The van der Waals surface area contributed by atoms with Gasteiger partial charge in [-0.05, 0) is 0 Å². The van der Waals surface area contributed by atoms with Crippen LogP contribution in [0, 0.1) is 5.21 Å². The molecular weight excluding hydrogens is 162 g/mol. The standard InChI is InChI=1S/C5H4N5O2/c11-4-2-3(7-1-6-2)8-5(9-4)10-12/h1H,(H3-,6,7,8,9,10,11,12)/q-1. The molecule has 0 radical (unpaired) electrons. The van der Waals surface area contributed by atoms with Gasteiger partial charge in [0.25, 0.3) is 5.56 Å². The zero-order valence-electron chi connectivity index (χ0n) is 5.79. The van der Waals surface area contributed by atoms with Crippen molar-refractivity contribution in [3.05, 3.63) is 21.9 Å². The highest BCUT2D eigenvalue weighted by atomic mass is 16.5. The average molecular weight is 166 g/mol. The largest absolute Gasteiger partial charge is 0.759 e. The first-order valence-electron chi connectivity index (χ1n) is 3.13. The summed E-state index contributed by atoms with van der Waals surface area (Å²) in [6.07, 6.45) is 1.33. The Morgan fingerprint density at radius 3 is 3.17 bits per heavy atom. The molecule has 0 fully saturated rings. The Kier molecular flexibility index (Phi) is 1.31. The van der Waals surface area contributed by atoms with Gasteiger partial charge in [-0.25, -0.2) is 4.98 Å². The normalized spacial score (nSPS) is 10.4. The molecule has 0 amide bonds. The molecule has 3 N–H and O–H groups in total. The van der Waals surface area contributed by atoms with Crippen LogP contribution in [0.2, 0.25) is 0 Å². The molecule has 0 bridgehead atoms. The number of fused-ring (bicyclic) bond motifs is 1. The minimum Gasteiger partial charge on any atom is -0.759 e. The number of rotatable bonds is 1. The number of imidazole rings is 1. The highest BCUT2D eigenvalue weighted by Crippen LogP contribution is 2.01. The van der Waals surface area contributed by atoms with Gasteiger partial charge in [-0.1, -0.05) is 0 Å². The van der Waals surface area contributed by atoms with Crippen molar-refractivity contribution < 1.29 is 0 Å². The van der Waals surface area contributed by atoms with Gasteiger partial charge in [0.05, 0.1) is 6.33 Å². The monoisotopic (exact) mass is 166 g/mol. The highest BCUT2D eigenvalue weighted by molar-refractivity contribution is 5.69. The summed E-state index contributed by atoms with van der Waals surface area (Å²) in [5, 5.41) is 10.1. The van der Waals surface area contributed by atoms with E-state index in [1.807, 2.05) is 0 Å². The third-order valence-corrected chi connectivity index (χ3v) is 1.39. The van der Waals surface area contributed by atoms with Crippen LogP contribution in [0.3, 0.4) is 0 Å². The first-order valence-corrected chi connectivity index (χ1v) is 3.13. The first kappa shape index (κ1) is 6.80. The summed E-state index contributed by atoms with van der Waals surface area (Å²) >= 11 is 0. The van der Waals surface area contributed by atoms with Crippen molar-refractivity contribution in [2.24, 2.45) is 0 Å². The summed E-state index contributed by atoms with van der Waals surface area (Å²) in [4.78, 5) is 23.3. The van der Waals surface area contributed by atoms with Crippen molar-refractivity contribution in [3.8, 4) is 0 Å². The van der Waals surface area contributed by atoms with Crippen LogP contribution in [-0.4, -0.2) is 19.9 Å². The number of hydrogen-bond acceptors (Lipinski definition) is 5. The Morgan fingerprint density at radius 1 is 1.58 bits per heavy atom. The van der Waals surface area contributed by atoms with Crippen LogP contribution in [0.4, 0.5) is 5.95 Å². The smallest absolute Gasteiger partial charge is 0.278 e.